The Morgan fingerprint density at radius 1 is 1.33 bits per heavy atom. The van der Waals surface area contributed by atoms with Gasteiger partial charge >= 0.3 is 0 Å². The van der Waals surface area contributed by atoms with Gasteiger partial charge in [-0.3, -0.25) is 4.79 Å². The van der Waals surface area contributed by atoms with Crippen LogP contribution in [0.3, 0.4) is 0 Å². The summed E-state index contributed by atoms with van der Waals surface area (Å²) >= 11 is 0. The minimum Gasteiger partial charge on any atom is -0.385 e. The van der Waals surface area contributed by atoms with Crippen molar-refractivity contribution in [3.8, 4) is 0 Å². The van der Waals surface area contributed by atoms with Gasteiger partial charge in [0.1, 0.15) is 6.10 Å². The number of Topliss-reactive ketones (excluding diaryl/α,β-unsaturated/α-hetero) is 1. The molecule has 0 aromatic heterocycles. The molecule has 12 heavy (non-hydrogen) atoms. The Morgan fingerprint density at radius 2 is 1.83 bits per heavy atom. The molecule has 0 aromatic rings. The van der Waals surface area contributed by atoms with E-state index in [4.69, 9.17) is 0 Å². The third-order valence-electron chi connectivity index (χ3n) is 2.68. The zero-order chi connectivity index (χ0) is 9.14. The quantitative estimate of drug-likeness (QED) is 0.700. The van der Waals surface area contributed by atoms with E-state index in [-0.39, 0.29) is 17.6 Å². The van der Waals surface area contributed by atoms with Crippen molar-refractivity contribution in [3.05, 3.63) is 0 Å². The van der Waals surface area contributed by atoms with Crippen LogP contribution in [0.1, 0.15) is 39.5 Å². The first kappa shape index (κ1) is 9.72. The maximum atomic E-state index is 11.5. The van der Waals surface area contributed by atoms with Crippen molar-refractivity contribution >= 4 is 5.78 Å². The van der Waals surface area contributed by atoms with E-state index in [1.807, 2.05) is 13.8 Å². The number of aliphatic hydroxyl groups is 1. The van der Waals surface area contributed by atoms with E-state index in [0.717, 1.165) is 25.7 Å². The van der Waals surface area contributed by atoms with E-state index in [9.17, 15) is 9.90 Å². The van der Waals surface area contributed by atoms with Gasteiger partial charge in [0.15, 0.2) is 5.78 Å². The summed E-state index contributed by atoms with van der Waals surface area (Å²) in [5.41, 5.74) is 0. The Balaban J connectivity index is 2.45. The van der Waals surface area contributed by atoms with Crippen LogP contribution in [-0.4, -0.2) is 17.0 Å². The van der Waals surface area contributed by atoms with Crippen LogP contribution in [-0.2, 0) is 4.79 Å². The molecule has 1 rings (SSSR count). The van der Waals surface area contributed by atoms with Crippen LogP contribution in [0.2, 0.25) is 0 Å². The van der Waals surface area contributed by atoms with E-state index in [2.05, 4.69) is 0 Å². The molecular weight excluding hydrogens is 152 g/mol. The molecule has 0 radical (unpaired) electrons. The maximum Gasteiger partial charge on any atom is 0.164 e. The summed E-state index contributed by atoms with van der Waals surface area (Å²) in [5.74, 6) is 0.294. The summed E-state index contributed by atoms with van der Waals surface area (Å²) in [6.07, 6.45) is 3.56. The molecule has 1 atom stereocenters. The van der Waals surface area contributed by atoms with Gasteiger partial charge in [-0.15, -0.1) is 0 Å². The monoisotopic (exact) mass is 170 g/mol. The highest BCUT2D eigenvalue weighted by Gasteiger charge is 2.29. The largest absolute Gasteiger partial charge is 0.385 e. The molecule has 70 valence electrons. The second-order valence-corrected chi connectivity index (χ2v) is 4.07. The minimum atomic E-state index is -0.729. The van der Waals surface area contributed by atoms with Gasteiger partial charge in [0, 0.05) is 5.92 Å². The van der Waals surface area contributed by atoms with E-state index in [1.54, 1.807) is 0 Å². The van der Waals surface area contributed by atoms with Gasteiger partial charge in [-0.05, 0) is 18.8 Å². The maximum absolute atomic E-state index is 11.5. The second kappa shape index (κ2) is 4.04. The predicted molar refractivity (Wildman–Crippen MR) is 47.8 cm³/mol. The molecule has 0 amide bonds. The van der Waals surface area contributed by atoms with Crippen molar-refractivity contribution in [2.24, 2.45) is 11.8 Å². The number of hydrogen-bond donors (Lipinski definition) is 1. The lowest BCUT2D eigenvalue weighted by atomic mass is 9.92. The molecule has 1 aliphatic carbocycles. The van der Waals surface area contributed by atoms with Crippen molar-refractivity contribution < 1.29 is 9.90 Å². The average molecular weight is 170 g/mol. The Morgan fingerprint density at radius 3 is 2.25 bits per heavy atom. The van der Waals surface area contributed by atoms with Gasteiger partial charge in [0.25, 0.3) is 0 Å². The molecule has 2 nitrogen and oxygen atoms in total. The van der Waals surface area contributed by atoms with Crippen molar-refractivity contribution in [2.75, 3.05) is 0 Å². The zero-order valence-electron chi connectivity index (χ0n) is 7.92. The van der Waals surface area contributed by atoms with Gasteiger partial charge in [-0.25, -0.2) is 0 Å². The Labute approximate surface area is 74.0 Å². The predicted octanol–water partition coefficient (Wildman–Crippen LogP) is 1.76. The molecular formula is C10H18O2. The van der Waals surface area contributed by atoms with Crippen LogP contribution >= 0.6 is 0 Å². The first-order valence-corrected chi connectivity index (χ1v) is 4.84. The lowest BCUT2D eigenvalue weighted by molar-refractivity contribution is -0.133. The second-order valence-electron chi connectivity index (χ2n) is 4.07. The molecule has 0 heterocycles. The molecule has 1 fully saturated rings. The highest BCUT2D eigenvalue weighted by Crippen LogP contribution is 2.27. The van der Waals surface area contributed by atoms with E-state index in [1.165, 1.54) is 0 Å². The van der Waals surface area contributed by atoms with Crippen LogP contribution in [0.15, 0.2) is 0 Å². The zero-order valence-corrected chi connectivity index (χ0v) is 7.92. The SMILES string of the molecule is CC(C)C(O)C(=O)C1CCCC1. The lowest BCUT2D eigenvalue weighted by Crippen LogP contribution is -2.30. The molecule has 1 N–H and O–H groups in total. The van der Waals surface area contributed by atoms with E-state index < -0.39 is 6.10 Å². The van der Waals surface area contributed by atoms with Gasteiger partial charge in [-0.1, -0.05) is 26.7 Å². The molecule has 1 saturated carbocycles. The van der Waals surface area contributed by atoms with E-state index >= 15 is 0 Å². The van der Waals surface area contributed by atoms with Crippen molar-refractivity contribution in [3.63, 3.8) is 0 Å². The minimum absolute atomic E-state index is 0.0677. The smallest absolute Gasteiger partial charge is 0.164 e. The number of carbonyl (C=O) groups excluding carboxylic acids is 1. The molecule has 0 saturated heterocycles. The number of rotatable bonds is 3. The fourth-order valence-electron chi connectivity index (χ4n) is 1.78. The molecule has 1 unspecified atom stereocenters. The van der Waals surface area contributed by atoms with Crippen LogP contribution < -0.4 is 0 Å². The molecule has 0 spiro atoms. The number of carbonyl (C=O) groups is 1. The molecule has 0 aromatic carbocycles. The fourth-order valence-corrected chi connectivity index (χ4v) is 1.78. The molecule has 0 aliphatic heterocycles. The summed E-state index contributed by atoms with van der Waals surface area (Å²) in [5, 5.41) is 9.51. The third kappa shape index (κ3) is 2.07. The fraction of sp³-hybridized carbons (Fsp3) is 0.900. The van der Waals surface area contributed by atoms with Gasteiger partial charge in [-0.2, -0.15) is 0 Å². The summed E-state index contributed by atoms with van der Waals surface area (Å²) in [4.78, 5) is 11.5. The number of hydrogen-bond acceptors (Lipinski definition) is 2. The summed E-state index contributed by atoms with van der Waals surface area (Å²) in [6, 6.07) is 0. The number of ketones is 1. The highest BCUT2D eigenvalue weighted by molar-refractivity contribution is 5.85. The number of aliphatic hydroxyl groups excluding tert-OH is 1. The molecule has 2 heteroatoms. The van der Waals surface area contributed by atoms with Crippen LogP contribution in [0.5, 0.6) is 0 Å². The topological polar surface area (TPSA) is 37.3 Å². The van der Waals surface area contributed by atoms with Gasteiger partial charge < -0.3 is 5.11 Å². The summed E-state index contributed by atoms with van der Waals surface area (Å²) in [7, 11) is 0. The lowest BCUT2D eigenvalue weighted by Gasteiger charge is -2.16. The summed E-state index contributed by atoms with van der Waals surface area (Å²) in [6.45, 7) is 3.77. The first-order chi connectivity index (χ1) is 5.63. The Hall–Kier alpha value is -0.370. The third-order valence-corrected chi connectivity index (χ3v) is 2.68. The Bertz CT molecular complexity index is 153. The van der Waals surface area contributed by atoms with E-state index in [0.29, 0.717) is 0 Å². The summed E-state index contributed by atoms with van der Waals surface area (Å²) < 4.78 is 0. The van der Waals surface area contributed by atoms with Crippen LogP contribution in [0, 0.1) is 11.8 Å². The average Bonchev–Trinajstić information content (AvgIpc) is 2.53. The molecule has 0 bridgehead atoms. The van der Waals surface area contributed by atoms with Gasteiger partial charge in [0.2, 0.25) is 0 Å². The normalized spacial score (nSPS) is 21.7. The van der Waals surface area contributed by atoms with Crippen molar-refractivity contribution in [1.29, 1.82) is 0 Å². The van der Waals surface area contributed by atoms with Crippen molar-refractivity contribution in [2.45, 2.75) is 45.6 Å². The van der Waals surface area contributed by atoms with Crippen molar-refractivity contribution in [1.82, 2.24) is 0 Å². The standard InChI is InChI=1S/C10H18O2/c1-7(2)9(11)10(12)8-5-3-4-6-8/h7-9,11H,3-6H2,1-2H3. The van der Waals surface area contributed by atoms with Crippen LogP contribution in [0.4, 0.5) is 0 Å². The van der Waals surface area contributed by atoms with Gasteiger partial charge in [0.05, 0.1) is 0 Å². The highest BCUT2D eigenvalue weighted by atomic mass is 16.3. The Kier molecular flexibility index (Phi) is 3.27. The molecule has 1 aliphatic rings. The first-order valence-electron chi connectivity index (χ1n) is 4.84. The van der Waals surface area contributed by atoms with Crippen LogP contribution in [0.25, 0.3) is 0 Å².